The largest absolute Gasteiger partial charge is 0.481 e. The fourth-order valence-corrected chi connectivity index (χ4v) is 2.14. The van der Waals surface area contributed by atoms with Gasteiger partial charge in [0.25, 0.3) is 0 Å². The SMILES string of the molecule is O=C(O)CCCCCNC(=O)Cc1cn2cc(F)ccc2n1. The summed E-state index contributed by atoms with van der Waals surface area (Å²) in [6.07, 6.45) is 5.36. The van der Waals surface area contributed by atoms with Crippen molar-refractivity contribution in [2.45, 2.75) is 32.1 Å². The summed E-state index contributed by atoms with van der Waals surface area (Å²) in [5.74, 6) is -1.31. The molecule has 0 atom stereocenters. The number of fused-ring (bicyclic) bond motifs is 1. The van der Waals surface area contributed by atoms with Gasteiger partial charge in [-0.05, 0) is 25.0 Å². The van der Waals surface area contributed by atoms with E-state index in [9.17, 15) is 14.0 Å². The van der Waals surface area contributed by atoms with Crippen LogP contribution in [0, 0.1) is 5.82 Å². The molecule has 1 amide bonds. The molecule has 118 valence electrons. The lowest BCUT2D eigenvalue weighted by atomic mass is 10.2. The van der Waals surface area contributed by atoms with Crippen molar-refractivity contribution in [2.24, 2.45) is 0 Å². The predicted molar refractivity (Wildman–Crippen MR) is 78.0 cm³/mol. The maximum absolute atomic E-state index is 13.1. The average Bonchev–Trinajstić information content (AvgIpc) is 2.83. The third kappa shape index (κ3) is 4.83. The highest BCUT2D eigenvalue weighted by Gasteiger charge is 2.07. The summed E-state index contributed by atoms with van der Waals surface area (Å²) < 4.78 is 14.6. The number of imidazole rings is 1. The molecule has 2 aromatic heterocycles. The summed E-state index contributed by atoms with van der Waals surface area (Å²) in [6.45, 7) is 0.514. The van der Waals surface area contributed by atoms with Crippen LogP contribution >= 0.6 is 0 Å². The lowest BCUT2D eigenvalue weighted by Crippen LogP contribution is -2.26. The summed E-state index contributed by atoms with van der Waals surface area (Å²) in [5, 5.41) is 11.3. The number of hydrogen-bond acceptors (Lipinski definition) is 3. The summed E-state index contributed by atoms with van der Waals surface area (Å²) in [5.41, 5.74) is 1.17. The molecule has 0 saturated carbocycles. The number of halogens is 1. The Morgan fingerprint density at radius 3 is 2.82 bits per heavy atom. The molecule has 0 unspecified atom stereocenters. The van der Waals surface area contributed by atoms with Gasteiger partial charge in [-0.15, -0.1) is 0 Å². The van der Waals surface area contributed by atoms with Crippen molar-refractivity contribution in [3.05, 3.63) is 36.0 Å². The highest BCUT2D eigenvalue weighted by Crippen LogP contribution is 2.07. The first-order valence-corrected chi connectivity index (χ1v) is 7.16. The van der Waals surface area contributed by atoms with Crippen molar-refractivity contribution in [3.63, 3.8) is 0 Å². The first-order chi connectivity index (χ1) is 10.5. The van der Waals surface area contributed by atoms with E-state index in [4.69, 9.17) is 5.11 Å². The number of carboxylic acids is 1. The normalized spacial score (nSPS) is 10.8. The molecule has 0 aromatic carbocycles. The first-order valence-electron chi connectivity index (χ1n) is 7.16. The van der Waals surface area contributed by atoms with Crippen molar-refractivity contribution in [1.29, 1.82) is 0 Å². The van der Waals surface area contributed by atoms with Crippen LogP contribution in [0.15, 0.2) is 24.5 Å². The molecule has 2 rings (SSSR count). The van der Waals surface area contributed by atoms with Crippen LogP contribution in [-0.2, 0) is 16.0 Å². The van der Waals surface area contributed by atoms with E-state index in [0.29, 0.717) is 24.3 Å². The first kappa shape index (κ1) is 15.9. The van der Waals surface area contributed by atoms with Gasteiger partial charge < -0.3 is 14.8 Å². The molecule has 7 heteroatoms. The Bertz CT molecular complexity index is 669. The number of pyridine rings is 1. The molecule has 0 spiro atoms. The smallest absolute Gasteiger partial charge is 0.303 e. The van der Waals surface area contributed by atoms with Gasteiger partial charge in [-0.3, -0.25) is 9.59 Å². The van der Waals surface area contributed by atoms with Gasteiger partial charge in [0.2, 0.25) is 5.91 Å². The lowest BCUT2D eigenvalue weighted by molar-refractivity contribution is -0.137. The van der Waals surface area contributed by atoms with Gasteiger partial charge in [0.15, 0.2) is 0 Å². The zero-order chi connectivity index (χ0) is 15.9. The van der Waals surface area contributed by atoms with E-state index < -0.39 is 5.97 Å². The van der Waals surface area contributed by atoms with Crippen LogP contribution < -0.4 is 5.32 Å². The fraction of sp³-hybridized carbons (Fsp3) is 0.400. The number of unbranched alkanes of at least 4 members (excludes halogenated alkanes) is 2. The van der Waals surface area contributed by atoms with E-state index in [0.717, 1.165) is 12.8 Å². The Balaban J connectivity index is 1.73. The van der Waals surface area contributed by atoms with E-state index in [-0.39, 0.29) is 24.6 Å². The van der Waals surface area contributed by atoms with Gasteiger partial charge in [0, 0.05) is 25.4 Å². The number of aromatic nitrogens is 2. The van der Waals surface area contributed by atoms with E-state index >= 15 is 0 Å². The van der Waals surface area contributed by atoms with Gasteiger partial charge in [0.05, 0.1) is 12.1 Å². The number of amides is 1. The maximum Gasteiger partial charge on any atom is 0.303 e. The second-order valence-corrected chi connectivity index (χ2v) is 5.08. The highest BCUT2D eigenvalue weighted by atomic mass is 19.1. The van der Waals surface area contributed by atoms with Crippen LogP contribution in [0.2, 0.25) is 0 Å². The minimum atomic E-state index is -0.799. The molecule has 0 aliphatic heterocycles. The minimum absolute atomic E-state index is 0.137. The van der Waals surface area contributed by atoms with Gasteiger partial charge in [0.1, 0.15) is 11.5 Å². The van der Waals surface area contributed by atoms with Crippen molar-refractivity contribution in [1.82, 2.24) is 14.7 Å². The number of rotatable bonds is 8. The third-order valence-corrected chi connectivity index (χ3v) is 3.20. The lowest BCUT2D eigenvalue weighted by Gasteiger charge is -2.03. The molecular weight excluding hydrogens is 289 g/mol. The average molecular weight is 307 g/mol. The Morgan fingerprint density at radius 2 is 2.05 bits per heavy atom. The standard InChI is InChI=1S/C15H18FN3O3/c16-11-5-6-13-18-12(10-19(13)9-11)8-14(20)17-7-3-1-2-4-15(21)22/h5-6,9-10H,1-4,7-8H2,(H,17,20)(H,21,22). The number of carbonyl (C=O) groups excluding carboxylic acids is 1. The summed E-state index contributed by atoms with van der Waals surface area (Å²) in [6, 6.07) is 2.88. The Hall–Kier alpha value is -2.44. The number of carboxylic acid groups (broad SMARTS) is 1. The molecule has 0 aliphatic carbocycles. The van der Waals surface area contributed by atoms with Gasteiger partial charge >= 0.3 is 5.97 Å². The fourth-order valence-electron chi connectivity index (χ4n) is 2.14. The second-order valence-electron chi connectivity index (χ2n) is 5.08. The molecule has 6 nitrogen and oxygen atoms in total. The molecule has 2 heterocycles. The van der Waals surface area contributed by atoms with Gasteiger partial charge in [-0.2, -0.15) is 0 Å². The minimum Gasteiger partial charge on any atom is -0.481 e. The topological polar surface area (TPSA) is 83.7 Å². The van der Waals surface area contributed by atoms with Gasteiger partial charge in [-0.25, -0.2) is 9.37 Å². The third-order valence-electron chi connectivity index (χ3n) is 3.20. The van der Waals surface area contributed by atoms with Crippen LogP contribution in [0.4, 0.5) is 4.39 Å². The van der Waals surface area contributed by atoms with Gasteiger partial charge in [-0.1, -0.05) is 6.42 Å². The monoisotopic (exact) mass is 307 g/mol. The molecule has 0 bridgehead atoms. The van der Waals surface area contributed by atoms with E-state index in [2.05, 4.69) is 10.3 Å². The quantitative estimate of drug-likeness (QED) is 0.728. The number of nitrogens with zero attached hydrogens (tertiary/aromatic N) is 2. The Kier molecular flexibility index (Phi) is 5.46. The molecule has 2 N–H and O–H groups in total. The van der Waals surface area contributed by atoms with E-state index in [1.165, 1.54) is 12.3 Å². The summed E-state index contributed by atoms with van der Waals surface area (Å²) in [4.78, 5) is 26.3. The zero-order valence-electron chi connectivity index (χ0n) is 12.1. The Morgan fingerprint density at radius 1 is 1.23 bits per heavy atom. The molecule has 0 radical (unpaired) electrons. The maximum atomic E-state index is 13.1. The van der Waals surface area contributed by atoms with E-state index in [1.807, 2.05) is 0 Å². The number of carbonyl (C=O) groups is 2. The summed E-state index contributed by atoms with van der Waals surface area (Å²) >= 11 is 0. The van der Waals surface area contributed by atoms with Crippen molar-refractivity contribution < 1.29 is 19.1 Å². The molecule has 0 fully saturated rings. The highest BCUT2D eigenvalue weighted by molar-refractivity contribution is 5.78. The molecule has 0 aliphatic rings. The molecule has 2 aromatic rings. The van der Waals surface area contributed by atoms with Crippen LogP contribution in [0.3, 0.4) is 0 Å². The number of nitrogens with one attached hydrogen (secondary N) is 1. The van der Waals surface area contributed by atoms with Crippen molar-refractivity contribution >= 4 is 17.5 Å². The zero-order valence-corrected chi connectivity index (χ0v) is 12.1. The summed E-state index contributed by atoms with van der Waals surface area (Å²) in [7, 11) is 0. The van der Waals surface area contributed by atoms with Crippen molar-refractivity contribution in [3.8, 4) is 0 Å². The van der Waals surface area contributed by atoms with E-state index in [1.54, 1.807) is 16.7 Å². The molecule has 0 saturated heterocycles. The molecular formula is C15H18FN3O3. The Labute approximate surface area is 127 Å². The van der Waals surface area contributed by atoms with Crippen LogP contribution in [0.1, 0.15) is 31.4 Å². The second kappa shape index (κ2) is 7.53. The number of aliphatic carboxylic acids is 1. The molecule has 22 heavy (non-hydrogen) atoms. The van der Waals surface area contributed by atoms with Crippen LogP contribution in [0.5, 0.6) is 0 Å². The van der Waals surface area contributed by atoms with Crippen molar-refractivity contribution in [2.75, 3.05) is 6.54 Å². The number of hydrogen-bond donors (Lipinski definition) is 2. The van der Waals surface area contributed by atoms with Crippen LogP contribution in [0.25, 0.3) is 5.65 Å². The van der Waals surface area contributed by atoms with Crippen LogP contribution in [-0.4, -0.2) is 32.9 Å². The predicted octanol–water partition coefficient (Wildman–Crippen LogP) is 1.78.